The highest BCUT2D eigenvalue weighted by atomic mass is 16.5. The van der Waals surface area contributed by atoms with Crippen molar-refractivity contribution in [2.75, 3.05) is 0 Å². The molecule has 0 fully saturated rings. The van der Waals surface area contributed by atoms with Crippen molar-refractivity contribution in [3.05, 3.63) is 100 Å². The van der Waals surface area contributed by atoms with Gasteiger partial charge < -0.3 is 14.3 Å². The van der Waals surface area contributed by atoms with Gasteiger partial charge in [-0.15, -0.1) is 0 Å². The van der Waals surface area contributed by atoms with Crippen molar-refractivity contribution in [2.45, 2.75) is 25.6 Å². The Balaban J connectivity index is 1.98. The molecule has 0 aliphatic heterocycles. The van der Waals surface area contributed by atoms with Crippen LogP contribution >= 0.6 is 0 Å². The summed E-state index contributed by atoms with van der Waals surface area (Å²) in [6, 6.07) is 20.6. The van der Waals surface area contributed by atoms with Gasteiger partial charge in [0.25, 0.3) is 0 Å². The highest BCUT2D eigenvalue weighted by molar-refractivity contribution is 5.32. The van der Waals surface area contributed by atoms with Gasteiger partial charge in [0, 0.05) is 6.07 Å². The van der Waals surface area contributed by atoms with Crippen LogP contribution in [-0.2, 0) is 5.60 Å². The third kappa shape index (κ3) is 3.98. The van der Waals surface area contributed by atoms with Gasteiger partial charge in [-0.3, -0.25) is 4.79 Å². The maximum Gasteiger partial charge on any atom is 0.227 e. The second-order valence-corrected chi connectivity index (χ2v) is 6.35. The molecule has 4 heteroatoms. The summed E-state index contributed by atoms with van der Waals surface area (Å²) in [6.45, 7) is 3.12. The summed E-state index contributed by atoms with van der Waals surface area (Å²) < 4.78 is 11.4. The molecule has 0 bridgehead atoms. The van der Waals surface area contributed by atoms with Crippen molar-refractivity contribution >= 4 is 0 Å². The first kappa shape index (κ1) is 17.0. The summed E-state index contributed by atoms with van der Waals surface area (Å²) >= 11 is 0. The van der Waals surface area contributed by atoms with Gasteiger partial charge in [-0.2, -0.15) is 0 Å². The van der Waals surface area contributed by atoms with Crippen LogP contribution in [0.2, 0.25) is 0 Å². The van der Waals surface area contributed by atoms with Gasteiger partial charge in [0.2, 0.25) is 11.2 Å². The van der Waals surface area contributed by atoms with E-state index in [4.69, 9.17) is 9.15 Å². The van der Waals surface area contributed by atoms with Crippen LogP contribution in [0.4, 0.5) is 0 Å². The molecule has 0 atom stereocenters. The maximum atomic E-state index is 12.4. The molecule has 1 N–H and O–H groups in total. The Hall–Kier alpha value is -2.85. The monoisotopic (exact) mass is 336 g/mol. The van der Waals surface area contributed by atoms with E-state index in [2.05, 4.69) is 0 Å². The molecule has 0 radical (unpaired) electrons. The molecule has 4 nitrogen and oxygen atoms in total. The fourth-order valence-corrected chi connectivity index (χ4v) is 2.52. The highest BCUT2D eigenvalue weighted by Crippen LogP contribution is 2.28. The van der Waals surface area contributed by atoms with Crippen LogP contribution in [0.3, 0.4) is 0 Å². The average Bonchev–Trinajstić information content (AvgIpc) is 2.61. The normalized spacial score (nSPS) is 11.5. The van der Waals surface area contributed by atoms with E-state index in [0.29, 0.717) is 0 Å². The zero-order valence-corrected chi connectivity index (χ0v) is 14.2. The molecule has 0 aliphatic carbocycles. The lowest BCUT2D eigenvalue weighted by molar-refractivity contribution is 0.0513. The maximum absolute atomic E-state index is 12.4. The zero-order chi connectivity index (χ0) is 17.9. The van der Waals surface area contributed by atoms with Crippen LogP contribution in [0.1, 0.15) is 36.8 Å². The summed E-state index contributed by atoms with van der Waals surface area (Å²) in [4.78, 5) is 12.4. The summed E-state index contributed by atoms with van der Waals surface area (Å²) in [5.41, 5.74) is 0.301. The highest BCUT2D eigenvalue weighted by Gasteiger charge is 2.22. The van der Waals surface area contributed by atoms with Gasteiger partial charge in [-0.1, -0.05) is 60.7 Å². The summed E-state index contributed by atoms with van der Waals surface area (Å²) in [5, 5.41) is 9.97. The molecular formula is C21H20O4. The number of rotatable bonds is 5. The molecule has 2 aromatic carbocycles. The lowest BCUT2D eigenvalue weighted by atomic mass is 10.0. The van der Waals surface area contributed by atoms with E-state index in [9.17, 15) is 9.90 Å². The fraction of sp³-hybridized carbons (Fsp3) is 0.190. The van der Waals surface area contributed by atoms with Gasteiger partial charge >= 0.3 is 0 Å². The van der Waals surface area contributed by atoms with Gasteiger partial charge in [0.15, 0.2) is 0 Å². The molecule has 1 aromatic heterocycles. The average molecular weight is 336 g/mol. The molecule has 25 heavy (non-hydrogen) atoms. The molecule has 0 amide bonds. The lowest BCUT2D eigenvalue weighted by Crippen LogP contribution is -2.20. The molecule has 0 spiro atoms. The van der Waals surface area contributed by atoms with E-state index in [-0.39, 0.29) is 16.9 Å². The first-order chi connectivity index (χ1) is 11.9. The molecular weight excluding hydrogens is 316 g/mol. The number of hydrogen-bond donors (Lipinski definition) is 1. The first-order valence-electron chi connectivity index (χ1n) is 8.07. The van der Waals surface area contributed by atoms with E-state index < -0.39 is 11.7 Å². The number of ether oxygens (including phenoxy) is 1. The standard InChI is InChI=1S/C21H20O4/c1-21(2,23)19-13-17(22)18(14-24-19)25-20(15-9-5-3-6-10-15)16-11-7-4-8-12-16/h3-14,20,23H,1-2H3. The second-order valence-electron chi connectivity index (χ2n) is 6.35. The Kier molecular flexibility index (Phi) is 4.72. The van der Waals surface area contributed by atoms with Crippen molar-refractivity contribution in [2.24, 2.45) is 0 Å². The SMILES string of the molecule is CC(C)(O)c1cc(=O)c(OC(c2ccccc2)c2ccccc2)co1. The summed E-state index contributed by atoms with van der Waals surface area (Å²) in [6.07, 6.45) is 0.826. The Bertz CT molecular complexity index is 838. The molecule has 0 saturated carbocycles. The Labute approximate surface area is 146 Å². The third-order valence-electron chi connectivity index (χ3n) is 3.85. The molecule has 128 valence electrons. The van der Waals surface area contributed by atoms with E-state index in [1.54, 1.807) is 13.8 Å². The Morgan fingerprint density at radius 2 is 1.48 bits per heavy atom. The van der Waals surface area contributed by atoms with Crippen molar-refractivity contribution in [1.82, 2.24) is 0 Å². The van der Waals surface area contributed by atoms with E-state index >= 15 is 0 Å². The minimum Gasteiger partial charge on any atom is -0.474 e. The van der Waals surface area contributed by atoms with E-state index in [1.807, 2.05) is 60.7 Å². The molecule has 3 rings (SSSR count). The first-order valence-corrected chi connectivity index (χ1v) is 8.07. The van der Waals surface area contributed by atoms with Crippen LogP contribution < -0.4 is 10.2 Å². The van der Waals surface area contributed by atoms with Crippen molar-refractivity contribution in [3.63, 3.8) is 0 Å². The minimum atomic E-state index is -1.23. The molecule has 3 aromatic rings. The van der Waals surface area contributed by atoms with Crippen LogP contribution in [0.15, 0.2) is 82.2 Å². The fourth-order valence-electron chi connectivity index (χ4n) is 2.52. The number of hydrogen-bond acceptors (Lipinski definition) is 4. The number of aliphatic hydroxyl groups is 1. The molecule has 0 aliphatic rings. The Morgan fingerprint density at radius 1 is 0.960 bits per heavy atom. The molecule has 0 saturated heterocycles. The minimum absolute atomic E-state index is 0.103. The predicted molar refractivity (Wildman–Crippen MR) is 95.6 cm³/mol. The predicted octanol–water partition coefficient (Wildman–Crippen LogP) is 4.04. The largest absolute Gasteiger partial charge is 0.474 e. The smallest absolute Gasteiger partial charge is 0.227 e. The zero-order valence-electron chi connectivity index (χ0n) is 14.2. The van der Waals surface area contributed by atoms with Gasteiger partial charge in [-0.05, 0) is 25.0 Å². The number of benzene rings is 2. The molecule has 0 unspecified atom stereocenters. The topological polar surface area (TPSA) is 59.7 Å². The van der Waals surface area contributed by atoms with Crippen LogP contribution in [0.25, 0.3) is 0 Å². The third-order valence-corrected chi connectivity index (χ3v) is 3.85. The van der Waals surface area contributed by atoms with Crippen LogP contribution in [0, 0.1) is 0 Å². The van der Waals surface area contributed by atoms with Gasteiger partial charge in [0.1, 0.15) is 23.7 Å². The van der Waals surface area contributed by atoms with Crippen molar-refractivity contribution in [1.29, 1.82) is 0 Å². The van der Waals surface area contributed by atoms with Crippen LogP contribution in [0.5, 0.6) is 5.75 Å². The van der Waals surface area contributed by atoms with Crippen molar-refractivity contribution in [3.8, 4) is 5.75 Å². The summed E-state index contributed by atoms with van der Waals surface area (Å²) in [5.74, 6) is 0.298. The molecule has 1 heterocycles. The van der Waals surface area contributed by atoms with Crippen molar-refractivity contribution < 1.29 is 14.3 Å². The lowest BCUT2D eigenvalue weighted by Gasteiger charge is -2.20. The van der Waals surface area contributed by atoms with E-state index in [0.717, 1.165) is 11.1 Å². The van der Waals surface area contributed by atoms with Gasteiger partial charge in [0.05, 0.1) is 0 Å². The Morgan fingerprint density at radius 3 is 1.92 bits per heavy atom. The quantitative estimate of drug-likeness (QED) is 0.764. The second kappa shape index (κ2) is 6.95. The summed E-state index contributed by atoms with van der Waals surface area (Å²) in [7, 11) is 0. The van der Waals surface area contributed by atoms with Gasteiger partial charge in [-0.25, -0.2) is 0 Å². The van der Waals surface area contributed by atoms with Crippen LogP contribution in [-0.4, -0.2) is 5.11 Å². The van der Waals surface area contributed by atoms with E-state index in [1.165, 1.54) is 12.3 Å².